The van der Waals surface area contributed by atoms with Crippen molar-refractivity contribution in [3.8, 4) is 6.07 Å². The molecule has 2 bridgehead atoms. The van der Waals surface area contributed by atoms with E-state index in [4.69, 9.17) is 10.2 Å². The van der Waals surface area contributed by atoms with E-state index >= 15 is 0 Å². The first kappa shape index (κ1) is 22.3. The van der Waals surface area contributed by atoms with E-state index in [1.165, 1.54) is 12.1 Å². The van der Waals surface area contributed by atoms with E-state index in [1.807, 2.05) is 17.3 Å². The van der Waals surface area contributed by atoms with Gasteiger partial charge in [0, 0.05) is 54.4 Å². The van der Waals surface area contributed by atoms with E-state index in [0.717, 1.165) is 31.4 Å². The van der Waals surface area contributed by atoms with Crippen molar-refractivity contribution in [3.05, 3.63) is 35.8 Å². The van der Waals surface area contributed by atoms with Crippen molar-refractivity contribution in [2.75, 3.05) is 23.7 Å². The molecule has 1 aromatic carbocycles. The Hall–Kier alpha value is -3.14. The van der Waals surface area contributed by atoms with Gasteiger partial charge in [-0.1, -0.05) is 0 Å². The lowest BCUT2D eigenvalue weighted by molar-refractivity contribution is 0.200. The number of halogens is 1. The number of benzene rings is 1. The number of rotatable bonds is 6. The Morgan fingerprint density at radius 3 is 2.66 bits per heavy atom. The first-order valence-electron chi connectivity index (χ1n) is 11.8. The summed E-state index contributed by atoms with van der Waals surface area (Å²) in [6, 6.07) is 9.11. The average Bonchev–Trinajstić information content (AvgIpc) is 3.32. The number of aromatic nitrogens is 4. The molecule has 182 valence electrons. The van der Waals surface area contributed by atoms with Crippen LogP contribution < -0.4 is 10.6 Å². The number of anilines is 3. The molecule has 0 saturated carbocycles. The number of H-pyrrole nitrogens is 1. The van der Waals surface area contributed by atoms with Gasteiger partial charge in [-0.25, -0.2) is 22.2 Å². The summed E-state index contributed by atoms with van der Waals surface area (Å²) in [5.41, 5.74) is 1.42. The molecule has 2 aromatic heterocycles. The highest BCUT2D eigenvalue weighted by Gasteiger charge is 2.47. The molecule has 3 saturated heterocycles. The molecule has 3 fully saturated rings. The predicted molar refractivity (Wildman–Crippen MR) is 130 cm³/mol. The maximum absolute atomic E-state index is 14.0. The van der Waals surface area contributed by atoms with Gasteiger partial charge in [0.15, 0.2) is 17.0 Å². The molecule has 12 heteroatoms. The first-order chi connectivity index (χ1) is 17.0. The molecule has 0 spiro atoms. The quantitative estimate of drug-likeness (QED) is 0.480. The predicted octanol–water partition coefficient (Wildman–Crippen LogP) is 2.99. The van der Waals surface area contributed by atoms with Crippen molar-refractivity contribution >= 4 is 39.7 Å². The van der Waals surface area contributed by atoms with Gasteiger partial charge in [-0.15, -0.1) is 0 Å². The number of fused-ring (bicyclic) bond motifs is 3. The lowest BCUT2D eigenvalue weighted by Crippen LogP contribution is -2.56. The third-order valence-corrected chi connectivity index (χ3v) is 8.74. The summed E-state index contributed by atoms with van der Waals surface area (Å²) in [6.45, 7) is 3.07. The molecule has 3 atom stereocenters. The standard InChI is InChI=1S/C23H26FN9OS/c1-13-6-21(31-30-13)28-22-19-5-2-15(24)7-20(19)27-23(29-22)26-16-8-17-3-4-18(9-16)33(17)35(34)32-11-14(10-25)12-32/h2,5-7,14,16-18H,3-4,8-9,11-12H2,1H3,(H3,26,27,28,29,30,31). The Morgan fingerprint density at radius 1 is 1.20 bits per heavy atom. The van der Waals surface area contributed by atoms with Gasteiger partial charge in [-0.2, -0.15) is 15.3 Å². The number of piperidine rings is 1. The summed E-state index contributed by atoms with van der Waals surface area (Å²) in [6.07, 6.45) is 3.64. The summed E-state index contributed by atoms with van der Waals surface area (Å²) < 4.78 is 31.1. The number of nitrogens with zero attached hydrogens (tertiary/aromatic N) is 6. The van der Waals surface area contributed by atoms with Crippen LogP contribution in [0.4, 0.5) is 22.0 Å². The minimum atomic E-state index is -1.20. The first-order valence-corrected chi connectivity index (χ1v) is 12.9. The molecule has 0 aliphatic carbocycles. The Labute approximate surface area is 204 Å². The smallest absolute Gasteiger partial charge is 0.225 e. The zero-order valence-corrected chi connectivity index (χ0v) is 20.1. The zero-order chi connectivity index (χ0) is 24.1. The summed E-state index contributed by atoms with van der Waals surface area (Å²) >= 11 is -1.20. The normalized spacial score (nSPS) is 25.8. The molecule has 10 nitrogen and oxygen atoms in total. The average molecular weight is 496 g/mol. The summed E-state index contributed by atoms with van der Waals surface area (Å²) in [5, 5.41) is 23.5. The number of aryl methyl sites for hydroxylation is 1. The van der Waals surface area contributed by atoms with Crippen LogP contribution in [-0.2, 0) is 11.2 Å². The molecular weight excluding hydrogens is 469 g/mol. The maximum Gasteiger partial charge on any atom is 0.225 e. The molecule has 0 amide bonds. The van der Waals surface area contributed by atoms with Crippen LogP contribution >= 0.6 is 0 Å². The monoisotopic (exact) mass is 495 g/mol. The highest BCUT2D eigenvalue weighted by Crippen LogP contribution is 2.39. The van der Waals surface area contributed by atoms with E-state index in [-0.39, 0.29) is 29.9 Å². The number of nitrogens with one attached hydrogen (secondary N) is 3. The molecule has 5 heterocycles. The molecule has 0 radical (unpaired) electrons. The molecule has 35 heavy (non-hydrogen) atoms. The SMILES string of the molecule is Cc1cc(Nc2nc(NC3CC4CCC(C3)N4S(=O)N3CC(C#N)C3)nc3cc(F)ccc23)n[nH]1. The van der Waals surface area contributed by atoms with Crippen molar-refractivity contribution in [1.82, 2.24) is 28.8 Å². The van der Waals surface area contributed by atoms with Crippen LogP contribution in [0.3, 0.4) is 0 Å². The van der Waals surface area contributed by atoms with Gasteiger partial charge in [0.25, 0.3) is 0 Å². The number of hydrogen-bond donors (Lipinski definition) is 3. The number of nitriles is 1. The molecule has 3 aliphatic heterocycles. The molecule has 3 aliphatic rings. The van der Waals surface area contributed by atoms with Crippen LogP contribution in [0.2, 0.25) is 0 Å². The van der Waals surface area contributed by atoms with Crippen LogP contribution in [0.1, 0.15) is 31.4 Å². The van der Waals surface area contributed by atoms with Crippen molar-refractivity contribution in [3.63, 3.8) is 0 Å². The van der Waals surface area contributed by atoms with Crippen LogP contribution in [0.5, 0.6) is 0 Å². The second-order valence-electron chi connectivity index (χ2n) is 9.58. The van der Waals surface area contributed by atoms with Gasteiger partial charge in [0.05, 0.1) is 17.5 Å². The fourth-order valence-corrected chi connectivity index (χ4v) is 7.11. The fourth-order valence-electron chi connectivity index (χ4n) is 5.34. The van der Waals surface area contributed by atoms with Gasteiger partial charge in [-0.05, 0) is 44.7 Å². The lowest BCUT2D eigenvalue weighted by atomic mass is 10.00. The largest absolute Gasteiger partial charge is 0.351 e. The fraction of sp³-hybridized carbons (Fsp3) is 0.478. The van der Waals surface area contributed by atoms with Gasteiger partial charge in [0.2, 0.25) is 5.95 Å². The summed E-state index contributed by atoms with van der Waals surface area (Å²) in [5.74, 6) is 1.23. The van der Waals surface area contributed by atoms with Crippen molar-refractivity contribution in [2.24, 2.45) is 5.92 Å². The lowest BCUT2D eigenvalue weighted by Gasteiger charge is -2.43. The summed E-state index contributed by atoms with van der Waals surface area (Å²) in [7, 11) is 0. The summed E-state index contributed by atoms with van der Waals surface area (Å²) in [4.78, 5) is 9.29. The highest BCUT2D eigenvalue weighted by atomic mass is 32.2. The minimum absolute atomic E-state index is 0.0149. The van der Waals surface area contributed by atoms with Gasteiger partial charge < -0.3 is 10.6 Å². The van der Waals surface area contributed by atoms with E-state index < -0.39 is 11.2 Å². The number of aromatic amines is 1. The van der Waals surface area contributed by atoms with E-state index in [2.05, 4.69) is 36.2 Å². The van der Waals surface area contributed by atoms with E-state index in [9.17, 15) is 8.60 Å². The van der Waals surface area contributed by atoms with Crippen LogP contribution in [0.25, 0.3) is 10.9 Å². The van der Waals surface area contributed by atoms with E-state index in [0.29, 0.717) is 41.6 Å². The van der Waals surface area contributed by atoms with Crippen LogP contribution in [-0.4, -0.2) is 64.2 Å². The molecule has 3 aromatic rings. The molecule has 6 rings (SSSR count). The van der Waals surface area contributed by atoms with Crippen molar-refractivity contribution < 1.29 is 8.60 Å². The highest BCUT2D eigenvalue weighted by molar-refractivity contribution is 7.80. The Bertz CT molecular complexity index is 1320. The molecule has 3 N–H and O–H groups in total. The van der Waals surface area contributed by atoms with Crippen molar-refractivity contribution in [2.45, 2.75) is 50.7 Å². The zero-order valence-electron chi connectivity index (χ0n) is 19.2. The molecule has 3 unspecified atom stereocenters. The minimum Gasteiger partial charge on any atom is -0.351 e. The number of hydrogen-bond acceptors (Lipinski definition) is 7. The van der Waals surface area contributed by atoms with Gasteiger partial charge in [0.1, 0.15) is 11.6 Å². The Balaban J connectivity index is 1.21. The second kappa shape index (κ2) is 8.82. The topological polar surface area (TPSA) is 126 Å². The Morgan fingerprint density at radius 2 is 1.97 bits per heavy atom. The van der Waals surface area contributed by atoms with Crippen LogP contribution in [0.15, 0.2) is 24.3 Å². The van der Waals surface area contributed by atoms with Gasteiger partial charge in [-0.3, -0.25) is 5.10 Å². The van der Waals surface area contributed by atoms with Crippen LogP contribution in [0, 0.1) is 30.0 Å². The maximum atomic E-state index is 14.0. The van der Waals surface area contributed by atoms with Gasteiger partial charge >= 0.3 is 0 Å². The third-order valence-electron chi connectivity index (χ3n) is 7.04. The second-order valence-corrected chi connectivity index (χ2v) is 11.0. The Kier molecular flexibility index (Phi) is 5.63. The van der Waals surface area contributed by atoms with E-state index in [1.54, 1.807) is 6.07 Å². The van der Waals surface area contributed by atoms with Crippen molar-refractivity contribution in [1.29, 1.82) is 5.26 Å². The third kappa shape index (κ3) is 4.24. The molecular formula is C23H26FN9OS.